The minimum absolute atomic E-state index is 0.120. The van der Waals surface area contributed by atoms with E-state index in [1.165, 1.54) is 12.5 Å². The summed E-state index contributed by atoms with van der Waals surface area (Å²) in [5, 5.41) is 3.08. The van der Waals surface area contributed by atoms with Crippen LogP contribution in [0.15, 0.2) is 60.7 Å². The Morgan fingerprint density at radius 1 is 0.906 bits per heavy atom. The van der Waals surface area contributed by atoms with Crippen LogP contribution in [0.25, 0.3) is 0 Å². The van der Waals surface area contributed by atoms with Gasteiger partial charge in [0.2, 0.25) is 0 Å². The van der Waals surface area contributed by atoms with E-state index in [1.807, 2.05) is 62.4 Å². The molecule has 4 unspecified atom stereocenters. The quantitative estimate of drug-likeness (QED) is 0.274. The molecule has 0 spiro atoms. The molecule has 0 radical (unpaired) electrons. The Morgan fingerprint density at radius 2 is 1.47 bits per heavy atom. The van der Waals surface area contributed by atoms with Gasteiger partial charge in [0.25, 0.3) is 0 Å². The zero-order chi connectivity index (χ0) is 24.2. The number of hydrogen-bond acceptors (Lipinski definition) is 6. The first-order valence-electron chi connectivity index (χ1n) is 10.7. The Kier molecular flexibility index (Phi) is 19.7. The van der Waals surface area contributed by atoms with E-state index in [1.54, 1.807) is 0 Å². The van der Waals surface area contributed by atoms with E-state index in [0.717, 1.165) is 12.0 Å². The normalized spacial score (nSPS) is 14.1. The van der Waals surface area contributed by atoms with Crippen LogP contribution in [0, 0.1) is 0 Å². The van der Waals surface area contributed by atoms with Crippen LogP contribution in [-0.4, -0.2) is 45.5 Å². The van der Waals surface area contributed by atoms with E-state index < -0.39 is 12.3 Å². The molecule has 4 nitrogen and oxygen atoms in total. The van der Waals surface area contributed by atoms with Crippen LogP contribution in [0.1, 0.15) is 44.4 Å². The molecule has 0 fully saturated rings. The van der Waals surface area contributed by atoms with Gasteiger partial charge in [-0.05, 0) is 68.8 Å². The maximum absolute atomic E-state index is 13.0. The number of rotatable bonds is 11. The highest BCUT2D eigenvalue weighted by molar-refractivity contribution is 7.93. The second-order valence-electron chi connectivity index (χ2n) is 7.50. The lowest BCUT2D eigenvalue weighted by Gasteiger charge is -2.15. The number of halogens is 2. The van der Waals surface area contributed by atoms with Crippen LogP contribution in [-0.2, 0) is 6.42 Å². The first kappa shape index (κ1) is 30.8. The second kappa shape index (κ2) is 20.4. The topological polar surface area (TPSA) is 78.5 Å². The van der Waals surface area contributed by atoms with Crippen molar-refractivity contribution in [2.24, 2.45) is 5.73 Å². The lowest BCUT2D eigenvalue weighted by molar-refractivity contribution is 0.336. The fourth-order valence-electron chi connectivity index (χ4n) is 2.50. The van der Waals surface area contributed by atoms with Gasteiger partial charge in [-0.25, -0.2) is 8.78 Å². The highest BCUT2D eigenvalue weighted by Gasteiger charge is 2.09. The van der Waals surface area contributed by atoms with Gasteiger partial charge in [-0.15, -0.1) is 0 Å². The van der Waals surface area contributed by atoms with Crippen LogP contribution in [0.4, 0.5) is 8.78 Å². The Hall–Kier alpha value is -1.16. The SMILES string of the molecule is CC(F)CCSO.CC(N)Cc1ccccc1.CC(NCC(F)CSO)c1ccccc1. The minimum Gasteiger partial charge on any atom is -0.330 e. The molecule has 182 valence electrons. The average Bonchev–Trinajstić information content (AvgIpc) is 2.78. The smallest absolute Gasteiger partial charge is 0.124 e. The molecule has 2 aromatic carbocycles. The van der Waals surface area contributed by atoms with E-state index in [-0.39, 0.29) is 24.4 Å². The number of alkyl halides is 2. The lowest BCUT2D eigenvalue weighted by Crippen LogP contribution is -2.28. The van der Waals surface area contributed by atoms with Crippen LogP contribution in [0.3, 0.4) is 0 Å². The summed E-state index contributed by atoms with van der Waals surface area (Å²) in [5.41, 5.74) is 8.08. The summed E-state index contributed by atoms with van der Waals surface area (Å²) in [6.45, 7) is 5.76. The fourth-order valence-corrected chi connectivity index (χ4v) is 3.21. The van der Waals surface area contributed by atoms with E-state index >= 15 is 0 Å². The van der Waals surface area contributed by atoms with Crippen LogP contribution in [0.5, 0.6) is 0 Å². The Balaban J connectivity index is 0.000000489. The van der Waals surface area contributed by atoms with Gasteiger partial charge in [-0.1, -0.05) is 60.7 Å². The van der Waals surface area contributed by atoms with Gasteiger partial charge in [0.05, 0.1) is 11.9 Å². The fraction of sp³-hybridized carbons (Fsp3) is 0.500. The molecule has 0 aromatic heterocycles. The highest BCUT2D eigenvalue weighted by Crippen LogP contribution is 2.11. The van der Waals surface area contributed by atoms with Crippen molar-refractivity contribution in [3.05, 3.63) is 71.8 Å². The Morgan fingerprint density at radius 3 is 1.91 bits per heavy atom. The van der Waals surface area contributed by atoms with Gasteiger partial charge in [0, 0.05) is 24.4 Å². The summed E-state index contributed by atoms with van der Waals surface area (Å²) in [5.74, 6) is 0.617. The lowest BCUT2D eigenvalue weighted by atomic mass is 10.1. The maximum Gasteiger partial charge on any atom is 0.124 e. The molecule has 0 amide bonds. The highest BCUT2D eigenvalue weighted by atomic mass is 32.2. The third-order valence-corrected chi connectivity index (χ3v) is 5.14. The number of hydrogen-bond donors (Lipinski definition) is 4. The Labute approximate surface area is 200 Å². The van der Waals surface area contributed by atoms with Gasteiger partial charge in [-0.2, -0.15) is 0 Å². The molecule has 0 saturated heterocycles. The first-order chi connectivity index (χ1) is 15.3. The molecule has 0 bridgehead atoms. The molecule has 32 heavy (non-hydrogen) atoms. The van der Waals surface area contributed by atoms with Crippen molar-refractivity contribution in [2.75, 3.05) is 18.1 Å². The molecule has 0 aliphatic carbocycles. The third-order valence-electron chi connectivity index (χ3n) is 4.21. The van der Waals surface area contributed by atoms with Crippen molar-refractivity contribution < 1.29 is 17.9 Å². The Bertz CT molecular complexity index is 653. The zero-order valence-corrected chi connectivity index (χ0v) is 20.8. The molecule has 0 saturated carbocycles. The molecular formula is C24H38F2N2O2S2. The summed E-state index contributed by atoms with van der Waals surface area (Å²) in [6.07, 6.45) is -0.368. The standard InChI is InChI=1S/C11H16FNOS.C9H13N.C4H9FOS/c1-9(10-5-3-2-4-6-10)13-7-11(12)8-15-14;1-8(10)7-9-5-3-2-4-6-9;1-4(5)2-3-7-6/h2-6,9,11,13-14H,7-8H2,1H3;2-6,8H,7,10H2,1H3;4,6H,2-3H2,1H3. The maximum atomic E-state index is 13.0. The van der Waals surface area contributed by atoms with Crippen LogP contribution in [0.2, 0.25) is 0 Å². The zero-order valence-electron chi connectivity index (χ0n) is 19.2. The van der Waals surface area contributed by atoms with E-state index in [0.29, 0.717) is 36.3 Å². The van der Waals surface area contributed by atoms with Crippen molar-refractivity contribution in [1.29, 1.82) is 0 Å². The summed E-state index contributed by atoms with van der Waals surface area (Å²) in [6, 6.07) is 20.6. The molecule has 0 heterocycles. The van der Waals surface area contributed by atoms with Gasteiger partial charge in [-0.3, -0.25) is 0 Å². The van der Waals surface area contributed by atoms with Crippen molar-refractivity contribution in [2.45, 2.75) is 58.0 Å². The summed E-state index contributed by atoms with van der Waals surface area (Å²) < 4.78 is 41.3. The van der Waals surface area contributed by atoms with Crippen molar-refractivity contribution in [1.82, 2.24) is 5.32 Å². The summed E-state index contributed by atoms with van der Waals surface area (Å²) >= 11 is 1.23. The number of nitrogens with one attached hydrogen (secondary N) is 1. The van der Waals surface area contributed by atoms with Gasteiger partial charge >= 0.3 is 0 Å². The first-order valence-corrected chi connectivity index (χ1v) is 12.6. The van der Waals surface area contributed by atoms with Crippen LogP contribution < -0.4 is 11.1 Å². The molecule has 2 aromatic rings. The molecule has 4 atom stereocenters. The molecule has 8 heteroatoms. The second-order valence-corrected chi connectivity index (χ2v) is 8.76. The van der Waals surface area contributed by atoms with Crippen molar-refractivity contribution in [3.8, 4) is 0 Å². The van der Waals surface area contributed by atoms with E-state index in [9.17, 15) is 8.78 Å². The van der Waals surface area contributed by atoms with Crippen molar-refractivity contribution in [3.63, 3.8) is 0 Å². The minimum atomic E-state index is -1.01. The third kappa shape index (κ3) is 18.4. The predicted molar refractivity (Wildman–Crippen MR) is 137 cm³/mol. The molecular weight excluding hydrogens is 450 g/mol. The number of nitrogens with two attached hydrogens (primary N) is 1. The van der Waals surface area contributed by atoms with E-state index in [4.69, 9.17) is 14.8 Å². The molecule has 0 aliphatic rings. The predicted octanol–water partition coefficient (Wildman–Crippen LogP) is 6.40. The van der Waals surface area contributed by atoms with E-state index in [2.05, 4.69) is 17.4 Å². The van der Waals surface area contributed by atoms with Gasteiger partial charge in [0.1, 0.15) is 6.17 Å². The molecule has 2 rings (SSSR count). The van der Waals surface area contributed by atoms with Gasteiger partial charge in [0.15, 0.2) is 0 Å². The molecule has 5 N–H and O–H groups in total. The summed E-state index contributed by atoms with van der Waals surface area (Å²) in [4.78, 5) is 0. The summed E-state index contributed by atoms with van der Waals surface area (Å²) in [7, 11) is 0. The average molecular weight is 489 g/mol. The van der Waals surface area contributed by atoms with Crippen molar-refractivity contribution >= 4 is 24.1 Å². The monoisotopic (exact) mass is 488 g/mol. The number of benzene rings is 2. The largest absolute Gasteiger partial charge is 0.330 e. The van der Waals surface area contributed by atoms with Gasteiger partial charge < -0.3 is 20.2 Å². The van der Waals surface area contributed by atoms with Crippen LogP contribution >= 0.6 is 24.1 Å². The molecule has 0 aliphatic heterocycles.